The average Bonchev–Trinajstić information content (AvgIpc) is 1.37. The molecule has 0 saturated heterocycles. The Labute approximate surface area is 45.0 Å². The van der Waals surface area contributed by atoms with Crippen LogP contribution < -0.4 is 0 Å². The fourth-order valence-corrected chi connectivity index (χ4v) is 0. The van der Waals surface area contributed by atoms with E-state index in [4.69, 9.17) is 0 Å². The van der Waals surface area contributed by atoms with E-state index in [1.165, 1.54) is 0 Å². The van der Waals surface area contributed by atoms with Crippen LogP contribution in [0.1, 0.15) is 6.92 Å². The van der Waals surface area contributed by atoms with Gasteiger partial charge in [0.15, 0.2) is 0 Å². The summed E-state index contributed by atoms with van der Waals surface area (Å²) >= 11 is 0. The molecule has 0 aromatic carbocycles. The minimum Gasteiger partial charge on any atom is -0.665 e. The van der Waals surface area contributed by atoms with Crippen LogP contribution in [0, 0.1) is 0 Å². The summed E-state index contributed by atoms with van der Waals surface area (Å²) in [5.41, 5.74) is 0. The molecular weight excluding hydrogens is 101 g/mol. The molecule has 0 aliphatic carbocycles. The Kier molecular flexibility index (Phi) is 16.1. The van der Waals surface area contributed by atoms with E-state index < -0.39 is 0 Å². The Morgan fingerprint density at radius 3 is 1.80 bits per heavy atom. The Hall–Kier alpha value is 0.544. The van der Waals surface area contributed by atoms with E-state index in [0.717, 1.165) is 6.54 Å². The maximum absolute atomic E-state index is 3.74. The fourth-order valence-electron chi connectivity index (χ4n) is 0. The molecule has 5 heavy (non-hydrogen) atoms. The molecule has 0 heterocycles. The molecule has 0 unspecified atom stereocenters. The van der Waals surface area contributed by atoms with Gasteiger partial charge in [0, 0.05) is 0 Å². The molecule has 27 valence electrons. The second-order valence-corrected chi connectivity index (χ2v) is 0.632. The monoisotopic (exact) mass is 109 g/mol. The molecule has 0 spiro atoms. The van der Waals surface area contributed by atoms with Crippen LogP contribution in [0.15, 0.2) is 0 Å². The summed E-state index contributed by atoms with van der Waals surface area (Å²) in [4.78, 5) is 0. The third kappa shape index (κ3) is 12.3. The first-order valence-electron chi connectivity index (χ1n) is 1.47. The zero-order valence-electron chi connectivity index (χ0n) is 3.60. The summed E-state index contributed by atoms with van der Waals surface area (Å²) in [6, 6.07) is 0. The number of nitrogens with zero attached hydrogens (tertiary/aromatic N) is 1. The van der Waals surface area contributed by atoms with Crippen molar-refractivity contribution < 1.29 is 18.6 Å². The van der Waals surface area contributed by atoms with E-state index in [2.05, 4.69) is 5.32 Å². The standard InChI is InChI=1S/C3H8N.V/c1-3-4-2;/h3H2,1-2H3;/q-1;+4. The van der Waals surface area contributed by atoms with Gasteiger partial charge in [-0.3, -0.25) is 0 Å². The smallest absolute Gasteiger partial charge is 0.665 e. The molecule has 0 saturated carbocycles. The second kappa shape index (κ2) is 8.82. The zero-order chi connectivity index (χ0) is 3.41. The number of rotatable bonds is 1. The number of hydrogen-bond donors (Lipinski definition) is 0. The minimum absolute atomic E-state index is 0. The van der Waals surface area contributed by atoms with Crippen LogP contribution >= 0.6 is 0 Å². The molecular formula is C3H8NV+3. The maximum Gasteiger partial charge on any atom is 4.00 e. The van der Waals surface area contributed by atoms with Crippen LogP contribution in [0.25, 0.3) is 5.32 Å². The van der Waals surface area contributed by atoms with Crippen LogP contribution in [-0.4, -0.2) is 13.6 Å². The van der Waals surface area contributed by atoms with Crippen LogP contribution in [0.2, 0.25) is 0 Å². The van der Waals surface area contributed by atoms with Crippen LogP contribution in [0.3, 0.4) is 0 Å². The first-order valence-corrected chi connectivity index (χ1v) is 1.47. The van der Waals surface area contributed by atoms with E-state index in [0.29, 0.717) is 0 Å². The molecule has 0 atom stereocenters. The molecule has 1 radical (unpaired) electrons. The van der Waals surface area contributed by atoms with Crippen molar-refractivity contribution in [2.75, 3.05) is 13.6 Å². The van der Waals surface area contributed by atoms with Gasteiger partial charge in [0.25, 0.3) is 0 Å². The first kappa shape index (κ1) is 9.11. The van der Waals surface area contributed by atoms with Gasteiger partial charge in [0.1, 0.15) is 0 Å². The largest absolute Gasteiger partial charge is 4.00 e. The molecule has 0 aliphatic heterocycles. The van der Waals surface area contributed by atoms with Crippen molar-refractivity contribution in [1.29, 1.82) is 0 Å². The van der Waals surface area contributed by atoms with Crippen molar-refractivity contribution >= 4 is 0 Å². The Balaban J connectivity index is 0. The zero-order valence-corrected chi connectivity index (χ0v) is 5.00. The van der Waals surface area contributed by atoms with Gasteiger partial charge in [-0.05, 0) is 0 Å². The van der Waals surface area contributed by atoms with Crippen LogP contribution in [0.5, 0.6) is 0 Å². The summed E-state index contributed by atoms with van der Waals surface area (Å²) < 4.78 is 0. The SMILES string of the molecule is CC[N-]C.[V+4]. The van der Waals surface area contributed by atoms with E-state index >= 15 is 0 Å². The molecule has 0 aliphatic rings. The third-order valence-corrected chi connectivity index (χ3v) is 0.316. The van der Waals surface area contributed by atoms with Gasteiger partial charge in [0.2, 0.25) is 0 Å². The van der Waals surface area contributed by atoms with Crippen molar-refractivity contribution in [2.45, 2.75) is 6.92 Å². The average molecular weight is 109 g/mol. The Morgan fingerprint density at radius 1 is 1.60 bits per heavy atom. The van der Waals surface area contributed by atoms with Crippen molar-refractivity contribution in [3.8, 4) is 0 Å². The number of hydrogen-bond acceptors (Lipinski definition) is 0. The van der Waals surface area contributed by atoms with Gasteiger partial charge in [-0.2, -0.15) is 13.6 Å². The second-order valence-electron chi connectivity index (χ2n) is 0.632. The van der Waals surface area contributed by atoms with Gasteiger partial charge in [0.05, 0.1) is 0 Å². The quantitative estimate of drug-likeness (QED) is 0.477. The summed E-state index contributed by atoms with van der Waals surface area (Å²) in [5.74, 6) is 0. The summed E-state index contributed by atoms with van der Waals surface area (Å²) in [6.07, 6.45) is 0. The third-order valence-electron chi connectivity index (χ3n) is 0.316. The fraction of sp³-hybridized carbons (Fsp3) is 1.00. The normalized spacial score (nSPS) is 6.00. The van der Waals surface area contributed by atoms with Crippen LogP contribution in [-0.2, 0) is 18.6 Å². The van der Waals surface area contributed by atoms with E-state index in [-0.39, 0.29) is 18.6 Å². The Morgan fingerprint density at radius 2 is 1.80 bits per heavy atom. The Bertz CT molecular complexity index is 8.85. The van der Waals surface area contributed by atoms with Gasteiger partial charge >= 0.3 is 18.6 Å². The summed E-state index contributed by atoms with van der Waals surface area (Å²) in [6.45, 7) is 2.96. The van der Waals surface area contributed by atoms with E-state index in [9.17, 15) is 0 Å². The molecule has 0 bridgehead atoms. The molecule has 0 fully saturated rings. The van der Waals surface area contributed by atoms with Gasteiger partial charge in [-0.15, -0.1) is 0 Å². The molecule has 0 N–H and O–H groups in total. The predicted octanol–water partition coefficient (Wildman–Crippen LogP) is 1.01. The summed E-state index contributed by atoms with van der Waals surface area (Å²) in [5, 5.41) is 3.74. The molecule has 0 aromatic heterocycles. The molecule has 0 aromatic rings. The maximum atomic E-state index is 3.74. The molecule has 1 nitrogen and oxygen atoms in total. The minimum atomic E-state index is 0. The van der Waals surface area contributed by atoms with Gasteiger partial charge in [-0.1, -0.05) is 6.92 Å². The van der Waals surface area contributed by atoms with E-state index in [1.54, 1.807) is 7.05 Å². The van der Waals surface area contributed by atoms with Gasteiger partial charge in [-0.25, -0.2) is 0 Å². The molecule has 2 heteroatoms. The van der Waals surface area contributed by atoms with Crippen molar-refractivity contribution in [1.82, 2.24) is 0 Å². The summed E-state index contributed by atoms with van der Waals surface area (Å²) in [7, 11) is 1.81. The topological polar surface area (TPSA) is 14.1 Å². The predicted molar refractivity (Wildman–Crippen MR) is 19.8 cm³/mol. The van der Waals surface area contributed by atoms with Crippen molar-refractivity contribution in [3.05, 3.63) is 5.32 Å². The van der Waals surface area contributed by atoms with Crippen molar-refractivity contribution in [2.24, 2.45) is 0 Å². The molecule has 0 amide bonds. The first-order chi connectivity index (χ1) is 1.91. The van der Waals surface area contributed by atoms with Crippen LogP contribution in [0.4, 0.5) is 0 Å². The molecule has 0 rings (SSSR count). The van der Waals surface area contributed by atoms with Gasteiger partial charge < -0.3 is 5.32 Å². The van der Waals surface area contributed by atoms with Crippen molar-refractivity contribution in [3.63, 3.8) is 0 Å². The van der Waals surface area contributed by atoms with E-state index in [1.807, 2.05) is 6.92 Å².